The van der Waals surface area contributed by atoms with Crippen LogP contribution in [-0.4, -0.2) is 96.7 Å². The molecule has 0 saturated carbocycles. The third kappa shape index (κ3) is 66.7. The fraction of sp³-hybridized carbons (Fsp3) is 0.945. The highest BCUT2D eigenvalue weighted by Gasteiger charge is 2.30. The number of carbonyl (C=O) groups is 4. The summed E-state index contributed by atoms with van der Waals surface area (Å²) in [5, 5.41) is 10.6. The lowest BCUT2D eigenvalue weighted by Gasteiger charge is -2.21. The van der Waals surface area contributed by atoms with E-state index in [0.29, 0.717) is 31.6 Å². The Kier molecular flexibility index (Phi) is 61.3. The number of hydrogen-bond acceptors (Lipinski definition) is 15. The Morgan fingerprint density at radius 1 is 0.272 bits per heavy atom. The molecule has 0 spiro atoms. The van der Waals surface area contributed by atoms with E-state index in [9.17, 15) is 43.2 Å². The Hall–Kier alpha value is -1.94. The summed E-state index contributed by atoms with van der Waals surface area (Å²) >= 11 is 0. The molecule has 92 heavy (non-hydrogen) atoms. The van der Waals surface area contributed by atoms with Crippen molar-refractivity contribution in [1.29, 1.82) is 0 Å². The number of phosphoric acid groups is 2. The van der Waals surface area contributed by atoms with Crippen molar-refractivity contribution in [3.05, 3.63) is 0 Å². The summed E-state index contributed by atoms with van der Waals surface area (Å²) in [6.45, 7) is 14.1. The summed E-state index contributed by atoms with van der Waals surface area (Å²) in [6, 6.07) is 0. The van der Waals surface area contributed by atoms with Gasteiger partial charge in [-0.1, -0.05) is 312 Å². The maximum absolute atomic E-state index is 13.0. The van der Waals surface area contributed by atoms with Gasteiger partial charge in [-0.05, 0) is 49.4 Å². The number of rotatable bonds is 70. The molecule has 0 rings (SSSR count). The molecular formula is C73H142O17P2. The molecule has 0 aromatic carbocycles. The zero-order valence-electron chi connectivity index (χ0n) is 60.2. The van der Waals surface area contributed by atoms with Crippen molar-refractivity contribution in [3.8, 4) is 0 Å². The molecule has 0 aromatic rings. The molecule has 5 atom stereocenters. The highest BCUT2D eigenvalue weighted by Crippen LogP contribution is 2.45. The minimum Gasteiger partial charge on any atom is -0.462 e. The van der Waals surface area contributed by atoms with Crippen LogP contribution in [-0.2, 0) is 65.4 Å². The number of phosphoric ester groups is 2. The van der Waals surface area contributed by atoms with Gasteiger partial charge in [0.15, 0.2) is 12.2 Å². The minimum absolute atomic E-state index is 0.102. The third-order valence-electron chi connectivity index (χ3n) is 16.8. The molecule has 0 aliphatic rings. The van der Waals surface area contributed by atoms with Crippen molar-refractivity contribution in [3.63, 3.8) is 0 Å². The number of unbranched alkanes of at least 4 members (excludes halogenated alkanes) is 36. The molecule has 0 heterocycles. The molecular weight excluding hydrogens is 1210 g/mol. The van der Waals surface area contributed by atoms with Crippen molar-refractivity contribution in [2.24, 2.45) is 23.7 Å². The average Bonchev–Trinajstić information content (AvgIpc) is 2.34. The van der Waals surface area contributed by atoms with Gasteiger partial charge in [-0.3, -0.25) is 37.3 Å². The quantitative estimate of drug-likeness (QED) is 0.0222. The molecule has 0 aliphatic carbocycles. The van der Waals surface area contributed by atoms with Gasteiger partial charge in [-0.15, -0.1) is 0 Å². The fourth-order valence-electron chi connectivity index (χ4n) is 11.0. The standard InChI is InChI=1S/C73H142O17P2/c1-63(2)49-41-33-25-18-15-13-11-9-10-12-14-16-20-31-39-47-55-72(77)89-68(59-83-70(75)53-45-37-29-21-17-19-26-34-42-50-64(3)4)61-87-91(79,80)85-57-67(74)58-86-92(81,82)88-62-69(90-73(78)56-48-40-32-24-28-36-44-52-66(7)8)60-84-71(76)54-46-38-30-23-22-27-35-43-51-65(5)6/h63-69,74H,9-62H2,1-8H3,(H,79,80)(H,81,82)/t67?,68-,69-/m1/s1. The van der Waals surface area contributed by atoms with Crippen molar-refractivity contribution in [2.45, 2.75) is 382 Å². The summed E-state index contributed by atoms with van der Waals surface area (Å²) in [4.78, 5) is 72.6. The van der Waals surface area contributed by atoms with Gasteiger partial charge in [0.05, 0.1) is 26.4 Å². The first-order valence-corrected chi connectivity index (χ1v) is 40.7. The molecule has 0 aromatic heterocycles. The van der Waals surface area contributed by atoms with E-state index in [1.807, 2.05) is 0 Å². The largest absolute Gasteiger partial charge is 0.472 e. The molecule has 17 nitrogen and oxygen atoms in total. The van der Waals surface area contributed by atoms with Crippen LogP contribution in [0.3, 0.4) is 0 Å². The average molecular weight is 1350 g/mol. The van der Waals surface area contributed by atoms with Gasteiger partial charge >= 0.3 is 39.5 Å². The molecule has 546 valence electrons. The highest BCUT2D eigenvalue weighted by molar-refractivity contribution is 7.47. The van der Waals surface area contributed by atoms with E-state index in [0.717, 1.165) is 108 Å². The van der Waals surface area contributed by atoms with Gasteiger partial charge in [0.2, 0.25) is 0 Å². The number of ether oxygens (including phenoxy) is 4. The SMILES string of the molecule is CC(C)CCCCCCCCCCCCCCCCCCC(=O)O[C@H](COC(=O)CCCCCCCCCCCC(C)C)COP(=O)(O)OCC(O)COP(=O)(O)OC[C@@H](COC(=O)CCCCCCCCCCC(C)C)OC(=O)CCCCCCCCCC(C)C. The maximum Gasteiger partial charge on any atom is 0.472 e. The zero-order valence-corrected chi connectivity index (χ0v) is 62.0. The topological polar surface area (TPSA) is 237 Å². The molecule has 0 fully saturated rings. The molecule has 19 heteroatoms. The predicted octanol–water partition coefficient (Wildman–Crippen LogP) is 20.9. The van der Waals surface area contributed by atoms with Crippen molar-refractivity contribution < 1.29 is 80.2 Å². The maximum atomic E-state index is 13.0. The van der Waals surface area contributed by atoms with Crippen molar-refractivity contribution >= 4 is 39.5 Å². The second-order valence-corrected chi connectivity index (χ2v) is 31.1. The van der Waals surface area contributed by atoms with Crippen LogP contribution in [0.1, 0.15) is 364 Å². The van der Waals surface area contributed by atoms with Crippen LogP contribution in [0.5, 0.6) is 0 Å². The van der Waals surface area contributed by atoms with Crippen molar-refractivity contribution in [2.75, 3.05) is 39.6 Å². The summed E-state index contributed by atoms with van der Waals surface area (Å²) in [5.41, 5.74) is 0. The van der Waals surface area contributed by atoms with E-state index >= 15 is 0 Å². The third-order valence-corrected chi connectivity index (χ3v) is 18.7. The second kappa shape index (κ2) is 62.6. The summed E-state index contributed by atoms with van der Waals surface area (Å²) < 4.78 is 68.4. The first kappa shape index (κ1) is 90.1. The van der Waals surface area contributed by atoms with Gasteiger partial charge < -0.3 is 33.8 Å². The lowest BCUT2D eigenvalue weighted by atomic mass is 10.0. The zero-order chi connectivity index (χ0) is 68.2. The Morgan fingerprint density at radius 3 is 0.674 bits per heavy atom. The van der Waals surface area contributed by atoms with Crippen LogP contribution in [0.15, 0.2) is 0 Å². The predicted molar refractivity (Wildman–Crippen MR) is 372 cm³/mol. The van der Waals surface area contributed by atoms with Gasteiger partial charge in [0, 0.05) is 25.7 Å². The van der Waals surface area contributed by atoms with Crippen molar-refractivity contribution in [1.82, 2.24) is 0 Å². The Bertz CT molecular complexity index is 1820. The Labute approximate surface area is 562 Å². The molecule has 3 N–H and O–H groups in total. The number of esters is 4. The van der Waals surface area contributed by atoms with Crippen LogP contribution in [0.25, 0.3) is 0 Å². The van der Waals surface area contributed by atoms with Gasteiger partial charge in [0.25, 0.3) is 0 Å². The van der Waals surface area contributed by atoms with Crippen LogP contribution >= 0.6 is 15.6 Å². The number of aliphatic hydroxyl groups excluding tert-OH is 1. The van der Waals surface area contributed by atoms with E-state index < -0.39 is 97.5 Å². The summed E-state index contributed by atoms with van der Waals surface area (Å²) in [5.74, 6) is 0.847. The van der Waals surface area contributed by atoms with E-state index in [1.54, 1.807) is 0 Å². The highest BCUT2D eigenvalue weighted by atomic mass is 31.2. The minimum atomic E-state index is -4.96. The summed E-state index contributed by atoms with van der Waals surface area (Å²) in [7, 11) is -9.91. The molecule has 0 amide bonds. The van der Waals surface area contributed by atoms with Gasteiger partial charge in [-0.25, -0.2) is 9.13 Å². The molecule has 0 saturated heterocycles. The molecule has 0 aliphatic heterocycles. The van der Waals surface area contributed by atoms with Gasteiger partial charge in [-0.2, -0.15) is 0 Å². The van der Waals surface area contributed by atoms with Crippen LogP contribution in [0.4, 0.5) is 0 Å². The Balaban J connectivity index is 5.22. The van der Waals surface area contributed by atoms with E-state index in [-0.39, 0.29) is 25.7 Å². The number of hydrogen-bond donors (Lipinski definition) is 3. The van der Waals surface area contributed by atoms with E-state index in [2.05, 4.69) is 55.4 Å². The summed E-state index contributed by atoms with van der Waals surface area (Å²) in [6.07, 6.45) is 46.0. The first-order chi connectivity index (χ1) is 44.1. The number of aliphatic hydroxyl groups is 1. The monoisotopic (exact) mass is 1350 g/mol. The normalized spacial score (nSPS) is 14.2. The second-order valence-electron chi connectivity index (χ2n) is 28.2. The van der Waals surface area contributed by atoms with Crippen LogP contribution in [0.2, 0.25) is 0 Å². The first-order valence-electron chi connectivity index (χ1n) is 37.7. The molecule has 0 bridgehead atoms. The van der Waals surface area contributed by atoms with E-state index in [1.165, 1.54) is 167 Å². The Morgan fingerprint density at radius 2 is 0.457 bits per heavy atom. The lowest BCUT2D eigenvalue weighted by molar-refractivity contribution is -0.161. The van der Waals surface area contributed by atoms with Crippen LogP contribution < -0.4 is 0 Å². The fourth-order valence-corrected chi connectivity index (χ4v) is 12.6. The molecule has 0 radical (unpaired) electrons. The number of carbonyl (C=O) groups excluding carboxylic acids is 4. The van der Waals surface area contributed by atoms with Gasteiger partial charge in [0.1, 0.15) is 19.3 Å². The van der Waals surface area contributed by atoms with Crippen LogP contribution in [0, 0.1) is 23.7 Å². The molecule has 3 unspecified atom stereocenters. The van der Waals surface area contributed by atoms with E-state index in [4.69, 9.17) is 37.0 Å². The lowest BCUT2D eigenvalue weighted by Crippen LogP contribution is -2.30. The smallest absolute Gasteiger partial charge is 0.462 e.